The Labute approximate surface area is 138 Å². The maximum atomic E-state index is 12.0. The summed E-state index contributed by atoms with van der Waals surface area (Å²) in [6.07, 6.45) is 7.78. The zero-order chi connectivity index (χ0) is 17.3. The fourth-order valence-corrected chi connectivity index (χ4v) is 3.06. The van der Waals surface area contributed by atoms with Crippen LogP contribution in [0.25, 0.3) is 0 Å². The Morgan fingerprint density at radius 1 is 1.39 bits per heavy atom. The molecular formula is C19H28O4. The molecule has 0 aromatic carbocycles. The number of hydrogen-bond acceptors (Lipinski definition) is 4. The molecule has 23 heavy (non-hydrogen) atoms. The van der Waals surface area contributed by atoms with E-state index in [1.54, 1.807) is 0 Å². The third-order valence-corrected chi connectivity index (χ3v) is 4.85. The van der Waals surface area contributed by atoms with Crippen LogP contribution in [0.3, 0.4) is 0 Å². The highest BCUT2D eigenvalue weighted by Gasteiger charge is 2.46. The van der Waals surface area contributed by atoms with Crippen LogP contribution >= 0.6 is 0 Å². The van der Waals surface area contributed by atoms with E-state index in [0.29, 0.717) is 11.3 Å². The first-order chi connectivity index (χ1) is 10.6. The highest BCUT2D eigenvalue weighted by atomic mass is 16.6. The number of hydrogen-bond donors (Lipinski definition) is 0. The minimum atomic E-state index is -0.815. The minimum absolute atomic E-state index is 0.285. The minimum Gasteiger partial charge on any atom is -0.462 e. The van der Waals surface area contributed by atoms with Gasteiger partial charge in [0, 0.05) is 11.5 Å². The van der Waals surface area contributed by atoms with Crippen LogP contribution in [0.4, 0.5) is 0 Å². The van der Waals surface area contributed by atoms with Crippen molar-refractivity contribution in [1.29, 1.82) is 0 Å². The summed E-state index contributed by atoms with van der Waals surface area (Å²) in [6.45, 7) is 10.8. The van der Waals surface area contributed by atoms with E-state index in [2.05, 4.69) is 26.8 Å². The predicted octanol–water partition coefficient (Wildman–Crippen LogP) is 3.81. The molecule has 0 saturated carbocycles. The summed E-state index contributed by atoms with van der Waals surface area (Å²) in [5.41, 5.74) is 1.01. The number of carbonyl (C=O) groups is 2. The Bertz CT molecular complexity index is 534. The van der Waals surface area contributed by atoms with E-state index < -0.39 is 23.5 Å². The number of allylic oxidation sites excluding steroid dienone is 3. The Balaban J connectivity index is 1.90. The van der Waals surface area contributed by atoms with Gasteiger partial charge in [0.15, 0.2) is 0 Å². The van der Waals surface area contributed by atoms with Crippen LogP contribution in [0.15, 0.2) is 23.8 Å². The molecule has 0 spiro atoms. The molecule has 0 bridgehead atoms. The van der Waals surface area contributed by atoms with Crippen molar-refractivity contribution < 1.29 is 19.1 Å². The van der Waals surface area contributed by atoms with Crippen LogP contribution in [0.2, 0.25) is 0 Å². The molecular weight excluding hydrogens is 292 g/mol. The van der Waals surface area contributed by atoms with Crippen molar-refractivity contribution in [3.63, 3.8) is 0 Å². The van der Waals surface area contributed by atoms with Gasteiger partial charge in [-0.05, 0) is 30.6 Å². The average molecular weight is 320 g/mol. The molecule has 4 heteroatoms. The molecule has 0 aromatic heterocycles. The van der Waals surface area contributed by atoms with Crippen molar-refractivity contribution in [2.45, 2.75) is 60.0 Å². The summed E-state index contributed by atoms with van der Waals surface area (Å²) in [4.78, 5) is 23.6. The number of rotatable bonds is 3. The second kappa shape index (κ2) is 6.50. The Morgan fingerprint density at radius 3 is 2.57 bits per heavy atom. The SMILES string of the molecule is CC(C)(C)[C@@H]1CC=C(/C=C/C(=O)O[C@H]2C(=O)OCC2(C)C)CC1. The van der Waals surface area contributed by atoms with Crippen LogP contribution in [0.5, 0.6) is 0 Å². The standard InChI is InChI=1S/C19H28O4/c1-18(2,3)14-9-6-13(7-10-14)8-11-15(20)23-16-17(21)22-12-19(16,4)5/h6,8,11,14,16H,7,9-10,12H2,1-5H3/b11-8+/t14-,16+/m1/s1. The molecule has 4 nitrogen and oxygen atoms in total. The molecule has 0 N–H and O–H groups in total. The van der Waals surface area contributed by atoms with Crippen molar-refractivity contribution in [1.82, 2.24) is 0 Å². The van der Waals surface area contributed by atoms with E-state index in [4.69, 9.17) is 9.47 Å². The second-order valence-corrected chi connectivity index (χ2v) is 8.36. The van der Waals surface area contributed by atoms with Crippen LogP contribution in [-0.2, 0) is 19.1 Å². The van der Waals surface area contributed by atoms with E-state index in [0.717, 1.165) is 24.8 Å². The number of ether oxygens (including phenoxy) is 2. The largest absolute Gasteiger partial charge is 0.462 e. The fourth-order valence-electron chi connectivity index (χ4n) is 3.06. The molecule has 1 aliphatic carbocycles. The van der Waals surface area contributed by atoms with Gasteiger partial charge in [0.25, 0.3) is 0 Å². The highest BCUT2D eigenvalue weighted by Crippen LogP contribution is 2.37. The van der Waals surface area contributed by atoms with Gasteiger partial charge in [0.05, 0.1) is 0 Å². The number of cyclic esters (lactones) is 1. The van der Waals surface area contributed by atoms with E-state index in [9.17, 15) is 9.59 Å². The van der Waals surface area contributed by atoms with Gasteiger partial charge in [0.2, 0.25) is 6.10 Å². The molecule has 0 amide bonds. The summed E-state index contributed by atoms with van der Waals surface area (Å²) in [5, 5.41) is 0. The zero-order valence-electron chi connectivity index (χ0n) is 14.8. The molecule has 1 aliphatic heterocycles. The lowest BCUT2D eigenvalue weighted by Crippen LogP contribution is -2.34. The molecule has 0 aromatic rings. The normalized spacial score (nSPS) is 27.7. The predicted molar refractivity (Wildman–Crippen MR) is 88.6 cm³/mol. The second-order valence-electron chi connectivity index (χ2n) is 8.36. The monoisotopic (exact) mass is 320 g/mol. The third kappa shape index (κ3) is 4.46. The Morgan fingerprint density at radius 2 is 2.09 bits per heavy atom. The van der Waals surface area contributed by atoms with Crippen LogP contribution < -0.4 is 0 Å². The first kappa shape index (κ1) is 17.8. The maximum Gasteiger partial charge on any atom is 0.348 e. The molecule has 0 unspecified atom stereocenters. The van der Waals surface area contributed by atoms with Gasteiger partial charge >= 0.3 is 11.9 Å². The van der Waals surface area contributed by atoms with Crippen molar-refractivity contribution >= 4 is 11.9 Å². The quantitative estimate of drug-likeness (QED) is 0.586. The Kier molecular flexibility index (Phi) is 5.02. The molecule has 1 fully saturated rings. The van der Waals surface area contributed by atoms with Crippen LogP contribution in [-0.4, -0.2) is 24.6 Å². The van der Waals surface area contributed by atoms with Gasteiger partial charge in [-0.25, -0.2) is 9.59 Å². The lowest BCUT2D eigenvalue weighted by molar-refractivity contribution is -0.159. The first-order valence-corrected chi connectivity index (χ1v) is 8.34. The lowest BCUT2D eigenvalue weighted by Gasteiger charge is -2.32. The van der Waals surface area contributed by atoms with Gasteiger partial charge in [0.1, 0.15) is 6.61 Å². The maximum absolute atomic E-state index is 12.0. The van der Waals surface area contributed by atoms with Gasteiger partial charge < -0.3 is 9.47 Å². The summed E-state index contributed by atoms with van der Waals surface area (Å²) >= 11 is 0. The van der Waals surface area contributed by atoms with Gasteiger partial charge in [-0.3, -0.25) is 0 Å². The topological polar surface area (TPSA) is 52.6 Å². The van der Waals surface area contributed by atoms with Crippen molar-refractivity contribution in [3.8, 4) is 0 Å². The average Bonchev–Trinajstić information content (AvgIpc) is 2.71. The van der Waals surface area contributed by atoms with E-state index in [1.807, 2.05) is 19.9 Å². The summed E-state index contributed by atoms with van der Waals surface area (Å²) < 4.78 is 10.2. The summed E-state index contributed by atoms with van der Waals surface area (Å²) in [6, 6.07) is 0. The van der Waals surface area contributed by atoms with Gasteiger partial charge in [-0.1, -0.05) is 52.3 Å². The van der Waals surface area contributed by atoms with Crippen molar-refractivity contribution in [2.24, 2.45) is 16.7 Å². The van der Waals surface area contributed by atoms with Crippen molar-refractivity contribution in [3.05, 3.63) is 23.8 Å². The Hall–Kier alpha value is -1.58. The van der Waals surface area contributed by atoms with Gasteiger partial charge in [-0.15, -0.1) is 0 Å². The van der Waals surface area contributed by atoms with Crippen LogP contribution in [0, 0.1) is 16.7 Å². The molecule has 2 rings (SSSR count). The van der Waals surface area contributed by atoms with Crippen LogP contribution in [0.1, 0.15) is 53.9 Å². The molecule has 1 saturated heterocycles. The van der Waals surface area contributed by atoms with E-state index in [-0.39, 0.29) is 6.61 Å². The fraction of sp³-hybridized carbons (Fsp3) is 0.684. The summed E-state index contributed by atoms with van der Waals surface area (Å²) in [5.74, 6) is -0.261. The van der Waals surface area contributed by atoms with Crippen molar-refractivity contribution in [2.75, 3.05) is 6.61 Å². The number of esters is 2. The van der Waals surface area contributed by atoms with Gasteiger partial charge in [-0.2, -0.15) is 0 Å². The lowest BCUT2D eigenvalue weighted by atomic mass is 9.73. The third-order valence-electron chi connectivity index (χ3n) is 4.85. The first-order valence-electron chi connectivity index (χ1n) is 8.34. The number of carbonyl (C=O) groups excluding carboxylic acids is 2. The molecule has 2 atom stereocenters. The smallest absolute Gasteiger partial charge is 0.348 e. The summed E-state index contributed by atoms with van der Waals surface area (Å²) in [7, 11) is 0. The zero-order valence-corrected chi connectivity index (χ0v) is 14.8. The molecule has 128 valence electrons. The molecule has 0 radical (unpaired) electrons. The van der Waals surface area contributed by atoms with E-state index in [1.165, 1.54) is 6.08 Å². The van der Waals surface area contributed by atoms with E-state index >= 15 is 0 Å². The molecule has 2 aliphatic rings. The molecule has 1 heterocycles. The highest BCUT2D eigenvalue weighted by molar-refractivity contribution is 5.87.